The standard InChI is InChI=1S/C11H15N3O4S/c1-17-10(15)5-14(6-11(16)18-2)8-4-9(19-3)13-7-12-8/h4,7H,5-6H2,1-3H3. The maximum Gasteiger partial charge on any atom is 0.325 e. The number of hydrogen-bond acceptors (Lipinski definition) is 8. The van der Waals surface area contributed by atoms with Crippen LogP contribution in [0.3, 0.4) is 0 Å². The van der Waals surface area contributed by atoms with Gasteiger partial charge in [-0.1, -0.05) is 0 Å². The van der Waals surface area contributed by atoms with Gasteiger partial charge in [0.25, 0.3) is 0 Å². The monoisotopic (exact) mass is 285 g/mol. The van der Waals surface area contributed by atoms with Crippen molar-refractivity contribution in [3.05, 3.63) is 12.4 Å². The third-order valence-electron chi connectivity index (χ3n) is 2.26. The number of carbonyl (C=O) groups excluding carboxylic acids is 2. The van der Waals surface area contributed by atoms with Gasteiger partial charge in [0.15, 0.2) is 0 Å². The largest absolute Gasteiger partial charge is 0.468 e. The summed E-state index contributed by atoms with van der Waals surface area (Å²) in [7, 11) is 2.57. The van der Waals surface area contributed by atoms with Crippen LogP contribution in [0.15, 0.2) is 17.4 Å². The van der Waals surface area contributed by atoms with Gasteiger partial charge in [0.1, 0.15) is 30.3 Å². The number of hydrogen-bond donors (Lipinski definition) is 0. The summed E-state index contributed by atoms with van der Waals surface area (Å²) in [4.78, 5) is 32.3. The van der Waals surface area contributed by atoms with Gasteiger partial charge in [-0.05, 0) is 6.26 Å². The molecule has 0 spiro atoms. The predicted octanol–water partition coefficient (Wildman–Crippen LogP) is 0.351. The Kier molecular flexibility index (Phi) is 6.07. The van der Waals surface area contributed by atoms with E-state index in [0.29, 0.717) is 5.82 Å². The topological polar surface area (TPSA) is 81.6 Å². The van der Waals surface area contributed by atoms with Crippen LogP contribution in [0.1, 0.15) is 0 Å². The molecule has 7 nitrogen and oxygen atoms in total. The molecule has 0 saturated carbocycles. The first kappa shape index (κ1) is 15.2. The van der Waals surface area contributed by atoms with Crippen molar-refractivity contribution in [2.24, 2.45) is 0 Å². The van der Waals surface area contributed by atoms with E-state index >= 15 is 0 Å². The van der Waals surface area contributed by atoms with Crippen molar-refractivity contribution in [1.82, 2.24) is 9.97 Å². The Morgan fingerprint density at radius 1 is 1.21 bits per heavy atom. The minimum Gasteiger partial charge on any atom is -0.468 e. The summed E-state index contributed by atoms with van der Waals surface area (Å²) in [5.74, 6) is -0.461. The highest BCUT2D eigenvalue weighted by molar-refractivity contribution is 7.98. The molecule has 1 aromatic heterocycles. The fourth-order valence-corrected chi connectivity index (χ4v) is 1.65. The number of methoxy groups -OCH3 is 2. The van der Waals surface area contributed by atoms with Gasteiger partial charge in [-0.2, -0.15) is 0 Å². The maximum atomic E-state index is 11.4. The van der Waals surface area contributed by atoms with Crippen LogP contribution in [0.5, 0.6) is 0 Å². The molecule has 1 aromatic rings. The first-order chi connectivity index (χ1) is 9.10. The Morgan fingerprint density at radius 3 is 2.26 bits per heavy atom. The van der Waals surface area contributed by atoms with Gasteiger partial charge in [0.05, 0.1) is 14.2 Å². The second kappa shape index (κ2) is 7.57. The molecule has 0 unspecified atom stereocenters. The zero-order chi connectivity index (χ0) is 14.3. The first-order valence-corrected chi connectivity index (χ1v) is 6.57. The smallest absolute Gasteiger partial charge is 0.325 e. The lowest BCUT2D eigenvalue weighted by atomic mass is 10.4. The van der Waals surface area contributed by atoms with Crippen molar-refractivity contribution >= 4 is 29.5 Å². The molecule has 1 heterocycles. The fourth-order valence-electron chi connectivity index (χ4n) is 1.27. The second-order valence-electron chi connectivity index (χ2n) is 3.43. The zero-order valence-electron chi connectivity index (χ0n) is 11.0. The fraction of sp³-hybridized carbons (Fsp3) is 0.455. The predicted molar refractivity (Wildman–Crippen MR) is 70.1 cm³/mol. The van der Waals surface area contributed by atoms with Crippen LogP contribution >= 0.6 is 11.8 Å². The van der Waals surface area contributed by atoms with E-state index in [9.17, 15) is 9.59 Å². The average molecular weight is 285 g/mol. The number of anilines is 1. The normalized spacial score (nSPS) is 9.84. The summed E-state index contributed by atoms with van der Waals surface area (Å²) < 4.78 is 9.19. The molecule has 19 heavy (non-hydrogen) atoms. The number of carbonyl (C=O) groups is 2. The third kappa shape index (κ3) is 4.74. The molecule has 0 radical (unpaired) electrons. The molecule has 0 aliphatic carbocycles. The highest BCUT2D eigenvalue weighted by Gasteiger charge is 2.17. The van der Waals surface area contributed by atoms with Crippen molar-refractivity contribution in [2.45, 2.75) is 5.03 Å². The number of thioether (sulfide) groups is 1. The zero-order valence-corrected chi connectivity index (χ0v) is 11.8. The van der Waals surface area contributed by atoms with Crippen molar-refractivity contribution < 1.29 is 19.1 Å². The number of esters is 2. The second-order valence-corrected chi connectivity index (χ2v) is 4.25. The lowest BCUT2D eigenvalue weighted by Crippen LogP contribution is -2.36. The van der Waals surface area contributed by atoms with Gasteiger partial charge in [0, 0.05) is 6.07 Å². The van der Waals surface area contributed by atoms with Gasteiger partial charge < -0.3 is 14.4 Å². The van der Waals surface area contributed by atoms with Crippen molar-refractivity contribution in [1.29, 1.82) is 0 Å². The molecular formula is C11H15N3O4S. The van der Waals surface area contributed by atoms with E-state index in [0.717, 1.165) is 5.03 Å². The summed E-state index contributed by atoms with van der Waals surface area (Å²) in [6.45, 7) is -0.174. The molecule has 0 aliphatic heterocycles. The lowest BCUT2D eigenvalue weighted by molar-refractivity contribution is -0.140. The number of nitrogens with zero attached hydrogens (tertiary/aromatic N) is 3. The Morgan fingerprint density at radius 2 is 1.79 bits per heavy atom. The molecule has 0 saturated heterocycles. The summed E-state index contributed by atoms with van der Waals surface area (Å²) >= 11 is 1.44. The molecular weight excluding hydrogens is 270 g/mol. The van der Waals surface area contributed by atoms with Gasteiger partial charge in [-0.3, -0.25) is 9.59 Å². The van der Waals surface area contributed by atoms with E-state index < -0.39 is 11.9 Å². The van der Waals surface area contributed by atoms with Gasteiger partial charge >= 0.3 is 11.9 Å². The molecule has 0 atom stereocenters. The molecule has 0 fully saturated rings. The van der Waals surface area contributed by atoms with Gasteiger partial charge in [-0.25, -0.2) is 9.97 Å². The molecule has 0 N–H and O–H groups in total. The van der Waals surface area contributed by atoms with Crippen molar-refractivity contribution in [3.63, 3.8) is 0 Å². The van der Waals surface area contributed by atoms with Crippen LogP contribution in [0.2, 0.25) is 0 Å². The summed E-state index contributed by atoms with van der Waals surface area (Å²) in [6, 6.07) is 1.69. The minimum atomic E-state index is -0.465. The van der Waals surface area contributed by atoms with E-state index in [1.54, 1.807) is 6.07 Å². The summed E-state index contributed by atoms with van der Waals surface area (Å²) in [5.41, 5.74) is 0. The molecule has 0 bridgehead atoms. The van der Waals surface area contributed by atoms with Gasteiger partial charge in [0.2, 0.25) is 0 Å². The van der Waals surface area contributed by atoms with Gasteiger partial charge in [-0.15, -0.1) is 11.8 Å². The molecule has 0 aliphatic rings. The Labute approximate surface area is 115 Å². The van der Waals surface area contributed by atoms with Crippen LogP contribution in [0.4, 0.5) is 5.82 Å². The highest BCUT2D eigenvalue weighted by atomic mass is 32.2. The number of aromatic nitrogens is 2. The molecule has 1 rings (SSSR count). The third-order valence-corrected chi connectivity index (χ3v) is 2.90. The Hall–Kier alpha value is -1.83. The summed E-state index contributed by atoms with van der Waals surface area (Å²) in [6.07, 6.45) is 3.25. The first-order valence-electron chi connectivity index (χ1n) is 5.35. The van der Waals surface area contributed by atoms with E-state index in [4.69, 9.17) is 0 Å². The van der Waals surface area contributed by atoms with E-state index in [1.165, 1.54) is 37.2 Å². The SMILES string of the molecule is COC(=O)CN(CC(=O)OC)c1cc(SC)ncn1. The Bertz CT molecular complexity index is 437. The summed E-state index contributed by atoms with van der Waals surface area (Å²) in [5, 5.41) is 0.740. The van der Waals surface area contributed by atoms with E-state index in [-0.39, 0.29) is 13.1 Å². The van der Waals surface area contributed by atoms with E-state index in [2.05, 4.69) is 19.4 Å². The molecule has 104 valence electrons. The van der Waals surface area contributed by atoms with Crippen LogP contribution in [0.25, 0.3) is 0 Å². The average Bonchev–Trinajstić information content (AvgIpc) is 2.46. The number of rotatable bonds is 6. The molecule has 0 aromatic carbocycles. The maximum absolute atomic E-state index is 11.4. The molecule has 8 heteroatoms. The highest BCUT2D eigenvalue weighted by Crippen LogP contribution is 2.17. The quantitative estimate of drug-likeness (QED) is 0.421. The Balaban J connectivity index is 2.92. The van der Waals surface area contributed by atoms with Crippen LogP contribution < -0.4 is 4.90 Å². The number of ether oxygens (including phenoxy) is 2. The van der Waals surface area contributed by atoms with E-state index in [1.807, 2.05) is 6.26 Å². The lowest BCUT2D eigenvalue weighted by Gasteiger charge is -2.20. The molecule has 0 amide bonds. The van der Waals surface area contributed by atoms with Crippen LogP contribution in [-0.4, -0.2) is 55.5 Å². The van der Waals surface area contributed by atoms with Crippen molar-refractivity contribution in [3.8, 4) is 0 Å². The van der Waals surface area contributed by atoms with Crippen LogP contribution in [0, 0.1) is 0 Å². The van der Waals surface area contributed by atoms with Crippen molar-refractivity contribution in [2.75, 3.05) is 38.5 Å². The minimum absolute atomic E-state index is 0.0869. The van der Waals surface area contributed by atoms with Crippen LogP contribution in [-0.2, 0) is 19.1 Å².